The molecule has 1 amide bonds. The Kier molecular flexibility index (Phi) is 8.45. The van der Waals surface area contributed by atoms with Crippen LogP contribution in [-0.2, 0) is 20.9 Å². The van der Waals surface area contributed by atoms with Crippen molar-refractivity contribution in [1.29, 1.82) is 0 Å². The van der Waals surface area contributed by atoms with E-state index < -0.39 is 17.0 Å². The highest BCUT2D eigenvalue weighted by Gasteiger charge is 2.20. The van der Waals surface area contributed by atoms with Gasteiger partial charge in [0.2, 0.25) is 5.91 Å². The lowest BCUT2D eigenvalue weighted by molar-refractivity contribution is -0.140. The van der Waals surface area contributed by atoms with Crippen LogP contribution in [0, 0.1) is 0 Å². The number of nitrogens with zero attached hydrogens (tertiary/aromatic N) is 2. The van der Waals surface area contributed by atoms with E-state index in [4.69, 9.17) is 0 Å². The van der Waals surface area contributed by atoms with Crippen molar-refractivity contribution in [2.45, 2.75) is 40.9 Å². The number of carbonyl (C=O) groups excluding carboxylic acids is 2. The fourth-order valence-corrected chi connectivity index (χ4v) is 4.35. The summed E-state index contributed by atoms with van der Waals surface area (Å²) in [6.45, 7) is 1.72. The minimum atomic E-state index is -2.52. The van der Waals surface area contributed by atoms with Crippen LogP contribution in [0.5, 0.6) is 0 Å². The van der Waals surface area contributed by atoms with Crippen LogP contribution in [0.25, 0.3) is 10.9 Å². The lowest BCUT2D eigenvalue weighted by Gasteiger charge is -2.16. The minimum absolute atomic E-state index is 0.0203. The maximum atomic E-state index is 13.0. The van der Waals surface area contributed by atoms with E-state index in [1.165, 1.54) is 23.8 Å². The van der Waals surface area contributed by atoms with Gasteiger partial charge in [-0.3, -0.25) is 19.0 Å². The Morgan fingerprint density at radius 1 is 1.12 bits per heavy atom. The molecule has 3 rings (SSSR count). The zero-order chi connectivity index (χ0) is 24.0. The lowest BCUT2D eigenvalue weighted by atomic mass is 10.2. The number of hydrogen-bond acceptors (Lipinski definition) is 7. The molecular formula is C22H21F2N3O4S2. The van der Waals surface area contributed by atoms with E-state index in [1.807, 2.05) is 0 Å². The number of hydrogen-bond donors (Lipinski definition) is 1. The Balaban J connectivity index is 1.79. The second-order valence-corrected chi connectivity index (χ2v) is 9.22. The number of ether oxygens (including phenoxy) is 1. The first-order chi connectivity index (χ1) is 15.8. The number of halogens is 2. The fraction of sp³-hybridized carbons (Fsp3) is 0.273. The van der Waals surface area contributed by atoms with Crippen LogP contribution in [0.15, 0.2) is 63.4 Å². The van der Waals surface area contributed by atoms with E-state index in [0.717, 1.165) is 11.8 Å². The smallest absolute Gasteiger partial charge is 0.307 e. The van der Waals surface area contributed by atoms with Gasteiger partial charge in [0.15, 0.2) is 5.16 Å². The van der Waals surface area contributed by atoms with Crippen molar-refractivity contribution < 1.29 is 23.1 Å². The van der Waals surface area contributed by atoms with Crippen LogP contribution in [-0.4, -0.2) is 39.5 Å². The number of anilines is 1. The molecule has 0 saturated heterocycles. The number of carbonyl (C=O) groups is 2. The Morgan fingerprint density at radius 2 is 1.82 bits per heavy atom. The number of para-hydroxylation sites is 1. The average Bonchev–Trinajstić information content (AvgIpc) is 2.79. The number of aromatic nitrogens is 2. The van der Waals surface area contributed by atoms with Crippen molar-refractivity contribution in [3.05, 3.63) is 58.9 Å². The maximum Gasteiger partial charge on any atom is 0.307 e. The van der Waals surface area contributed by atoms with Gasteiger partial charge in [0.05, 0.1) is 29.7 Å². The molecule has 174 valence electrons. The third kappa shape index (κ3) is 6.55. The molecule has 33 heavy (non-hydrogen) atoms. The van der Waals surface area contributed by atoms with E-state index in [-0.39, 0.29) is 24.4 Å². The predicted octanol–water partition coefficient (Wildman–Crippen LogP) is 4.39. The molecule has 0 aliphatic carbocycles. The minimum Gasteiger partial charge on any atom is -0.469 e. The molecular weight excluding hydrogens is 472 g/mol. The highest BCUT2D eigenvalue weighted by molar-refractivity contribution is 8.00. The third-order valence-electron chi connectivity index (χ3n) is 4.59. The normalized spacial score (nSPS) is 12.0. The van der Waals surface area contributed by atoms with Gasteiger partial charge in [-0.25, -0.2) is 4.98 Å². The van der Waals surface area contributed by atoms with Crippen molar-refractivity contribution in [2.75, 3.05) is 12.4 Å². The molecule has 7 nitrogen and oxygen atoms in total. The van der Waals surface area contributed by atoms with Crippen LogP contribution >= 0.6 is 23.5 Å². The zero-order valence-corrected chi connectivity index (χ0v) is 19.4. The predicted molar refractivity (Wildman–Crippen MR) is 125 cm³/mol. The second kappa shape index (κ2) is 11.3. The van der Waals surface area contributed by atoms with Crippen molar-refractivity contribution in [3.8, 4) is 0 Å². The molecule has 0 radical (unpaired) electrons. The number of benzene rings is 2. The summed E-state index contributed by atoms with van der Waals surface area (Å²) in [6, 6.07) is 12.9. The van der Waals surface area contributed by atoms with Gasteiger partial charge in [-0.2, -0.15) is 8.78 Å². The van der Waals surface area contributed by atoms with Gasteiger partial charge in [-0.15, -0.1) is 0 Å². The summed E-state index contributed by atoms with van der Waals surface area (Å²) in [4.78, 5) is 42.2. The molecule has 1 heterocycles. The molecule has 2 aromatic carbocycles. The van der Waals surface area contributed by atoms with Crippen molar-refractivity contribution >= 4 is 52.0 Å². The van der Waals surface area contributed by atoms with Gasteiger partial charge in [0.25, 0.3) is 11.3 Å². The number of rotatable bonds is 9. The number of esters is 1. The lowest BCUT2D eigenvalue weighted by Crippen LogP contribution is -2.27. The van der Waals surface area contributed by atoms with Gasteiger partial charge in [0, 0.05) is 17.1 Å². The second-order valence-electron chi connectivity index (χ2n) is 6.85. The summed E-state index contributed by atoms with van der Waals surface area (Å²) in [6.07, 6.45) is -0.0203. The molecule has 1 unspecified atom stereocenters. The first-order valence-electron chi connectivity index (χ1n) is 9.87. The van der Waals surface area contributed by atoms with Gasteiger partial charge < -0.3 is 10.1 Å². The summed E-state index contributed by atoms with van der Waals surface area (Å²) >= 11 is 1.50. The Labute approximate surface area is 196 Å². The number of fused-ring (bicyclic) bond motifs is 1. The Hall–Kier alpha value is -2.92. The van der Waals surface area contributed by atoms with E-state index >= 15 is 0 Å². The first kappa shape index (κ1) is 24.7. The highest BCUT2D eigenvalue weighted by Crippen LogP contribution is 2.27. The van der Waals surface area contributed by atoms with Crippen LogP contribution in [0.3, 0.4) is 0 Å². The van der Waals surface area contributed by atoms with Crippen LogP contribution < -0.4 is 10.9 Å². The Morgan fingerprint density at radius 3 is 2.48 bits per heavy atom. The molecule has 1 N–H and O–H groups in total. The van der Waals surface area contributed by atoms with E-state index in [0.29, 0.717) is 38.4 Å². The van der Waals surface area contributed by atoms with Gasteiger partial charge >= 0.3 is 5.97 Å². The zero-order valence-electron chi connectivity index (χ0n) is 17.8. The van der Waals surface area contributed by atoms with Crippen LogP contribution in [0.2, 0.25) is 0 Å². The molecule has 0 aliphatic heterocycles. The topological polar surface area (TPSA) is 90.3 Å². The molecule has 0 spiro atoms. The molecule has 0 saturated carbocycles. The number of alkyl halides is 2. The first-order valence-corrected chi connectivity index (χ1v) is 11.6. The quantitative estimate of drug-likeness (QED) is 0.269. The number of thioether (sulfide) groups is 2. The molecule has 11 heteroatoms. The fourth-order valence-electron chi connectivity index (χ4n) is 2.92. The SMILES string of the molecule is COC(=O)CCn1c(SC(C)C(=O)Nc2ccc(SC(F)F)cc2)nc2ccccc2c1=O. The molecule has 1 aromatic heterocycles. The summed E-state index contributed by atoms with van der Waals surface area (Å²) in [5.74, 6) is -3.34. The van der Waals surface area contributed by atoms with Gasteiger partial charge in [-0.05, 0) is 43.3 Å². The molecule has 0 aliphatic rings. The van der Waals surface area contributed by atoms with Gasteiger partial charge in [-0.1, -0.05) is 35.7 Å². The third-order valence-corrected chi connectivity index (χ3v) is 6.40. The molecule has 3 aromatic rings. The van der Waals surface area contributed by atoms with Crippen LogP contribution in [0.4, 0.5) is 14.5 Å². The average molecular weight is 494 g/mol. The van der Waals surface area contributed by atoms with Crippen molar-refractivity contribution in [2.24, 2.45) is 0 Å². The summed E-state index contributed by atoms with van der Waals surface area (Å²) in [7, 11) is 1.27. The van der Waals surface area contributed by atoms with Crippen molar-refractivity contribution in [3.63, 3.8) is 0 Å². The number of methoxy groups -OCH3 is 1. The maximum absolute atomic E-state index is 13.0. The number of nitrogens with one attached hydrogen (secondary N) is 1. The highest BCUT2D eigenvalue weighted by atomic mass is 32.2. The molecule has 0 fully saturated rings. The van der Waals surface area contributed by atoms with E-state index in [2.05, 4.69) is 15.0 Å². The largest absolute Gasteiger partial charge is 0.469 e. The summed E-state index contributed by atoms with van der Waals surface area (Å²) < 4.78 is 30.9. The van der Waals surface area contributed by atoms with Crippen LogP contribution in [0.1, 0.15) is 13.3 Å². The molecule has 1 atom stereocenters. The van der Waals surface area contributed by atoms with Gasteiger partial charge in [0.1, 0.15) is 0 Å². The Bertz CT molecular complexity index is 1200. The molecule has 0 bridgehead atoms. The van der Waals surface area contributed by atoms with E-state index in [1.54, 1.807) is 43.3 Å². The number of amides is 1. The van der Waals surface area contributed by atoms with E-state index in [9.17, 15) is 23.2 Å². The summed E-state index contributed by atoms with van der Waals surface area (Å²) in [5.41, 5.74) is 0.631. The monoisotopic (exact) mass is 493 g/mol. The van der Waals surface area contributed by atoms with Crippen molar-refractivity contribution in [1.82, 2.24) is 9.55 Å². The standard InChI is InChI=1S/C22H21F2N3O4S2/c1-13(19(29)25-14-7-9-15(10-8-14)33-21(23)24)32-22-26-17-6-4-3-5-16(17)20(30)27(22)12-11-18(28)31-2/h3-10,13,21H,11-12H2,1-2H3,(H,25,29). The summed E-state index contributed by atoms with van der Waals surface area (Å²) in [5, 5.41) is 2.79.